The molecule has 0 fully saturated rings. The SMILES string of the molecule is CC(C)(C)c1ccc(C(Cl)CCCC(=O)O)cc1. The van der Waals surface area contributed by atoms with E-state index < -0.39 is 5.97 Å². The summed E-state index contributed by atoms with van der Waals surface area (Å²) in [6.07, 6.45) is 1.50. The second kappa shape index (κ2) is 6.24. The molecule has 2 nitrogen and oxygen atoms in total. The van der Waals surface area contributed by atoms with E-state index in [1.807, 2.05) is 12.1 Å². The molecule has 1 aromatic carbocycles. The number of hydrogen-bond acceptors (Lipinski definition) is 1. The highest BCUT2D eigenvalue weighted by Crippen LogP contribution is 2.29. The largest absolute Gasteiger partial charge is 0.481 e. The van der Waals surface area contributed by atoms with Gasteiger partial charge in [0.1, 0.15) is 0 Å². The van der Waals surface area contributed by atoms with Gasteiger partial charge in [-0.15, -0.1) is 11.6 Å². The number of halogens is 1. The van der Waals surface area contributed by atoms with E-state index in [2.05, 4.69) is 32.9 Å². The first-order valence-corrected chi connectivity index (χ1v) is 6.70. The minimum Gasteiger partial charge on any atom is -0.481 e. The second-order valence-corrected chi connectivity index (χ2v) is 6.15. The Labute approximate surface area is 114 Å². The van der Waals surface area contributed by atoms with Crippen LogP contribution in [-0.4, -0.2) is 11.1 Å². The molecule has 0 aliphatic rings. The Morgan fingerprint density at radius 3 is 2.28 bits per heavy atom. The highest BCUT2D eigenvalue weighted by Gasteiger charge is 2.14. The Bertz CT molecular complexity index is 390. The number of rotatable bonds is 5. The first-order chi connectivity index (χ1) is 8.30. The van der Waals surface area contributed by atoms with Crippen molar-refractivity contribution in [3.63, 3.8) is 0 Å². The maximum absolute atomic E-state index is 10.4. The Morgan fingerprint density at radius 1 is 1.28 bits per heavy atom. The van der Waals surface area contributed by atoms with Gasteiger partial charge in [-0.1, -0.05) is 45.0 Å². The Kier molecular flexibility index (Phi) is 5.21. The molecule has 0 aromatic heterocycles. The molecule has 0 saturated heterocycles. The summed E-state index contributed by atoms with van der Waals surface area (Å²) >= 11 is 6.26. The van der Waals surface area contributed by atoms with E-state index in [0.717, 1.165) is 5.56 Å². The lowest BCUT2D eigenvalue weighted by Crippen LogP contribution is -2.10. The van der Waals surface area contributed by atoms with Gasteiger partial charge in [-0.25, -0.2) is 0 Å². The van der Waals surface area contributed by atoms with Crippen LogP contribution in [0, 0.1) is 0 Å². The highest BCUT2D eigenvalue weighted by atomic mass is 35.5. The van der Waals surface area contributed by atoms with Crippen molar-refractivity contribution in [3.8, 4) is 0 Å². The molecule has 0 heterocycles. The summed E-state index contributed by atoms with van der Waals surface area (Å²) in [4.78, 5) is 10.4. The summed E-state index contributed by atoms with van der Waals surface area (Å²) in [5, 5.41) is 8.48. The van der Waals surface area contributed by atoms with Crippen molar-refractivity contribution in [2.75, 3.05) is 0 Å². The summed E-state index contributed by atoms with van der Waals surface area (Å²) in [7, 11) is 0. The van der Waals surface area contributed by atoms with Crippen molar-refractivity contribution < 1.29 is 9.90 Å². The van der Waals surface area contributed by atoms with Gasteiger partial charge in [-0.05, 0) is 29.4 Å². The maximum Gasteiger partial charge on any atom is 0.303 e. The van der Waals surface area contributed by atoms with Crippen LogP contribution in [0.3, 0.4) is 0 Å². The third-order valence-corrected chi connectivity index (χ3v) is 3.46. The van der Waals surface area contributed by atoms with Crippen molar-refractivity contribution in [3.05, 3.63) is 35.4 Å². The van der Waals surface area contributed by atoms with Gasteiger partial charge in [0.2, 0.25) is 0 Å². The molecule has 0 bridgehead atoms. The lowest BCUT2D eigenvalue weighted by Gasteiger charge is -2.19. The quantitative estimate of drug-likeness (QED) is 0.797. The van der Waals surface area contributed by atoms with E-state index in [1.165, 1.54) is 5.56 Å². The summed E-state index contributed by atoms with van der Waals surface area (Å²) in [5.41, 5.74) is 2.49. The summed E-state index contributed by atoms with van der Waals surface area (Å²) in [6, 6.07) is 8.28. The third kappa shape index (κ3) is 4.69. The molecule has 1 aromatic rings. The topological polar surface area (TPSA) is 37.3 Å². The van der Waals surface area contributed by atoms with Crippen molar-refractivity contribution in [2.24, 2.45) is 0 Å². The molecule has 1 atom stereocenters. The zero-order valence-electron chi connectivity index (χ0n) is 11.2. The number of alkyl halides is 1. The minimum atomic E-state index is -0.762. The van der Waals surface area contributed by atoms with E-state index >= 15 is 0 Å². The molecular formula is C15H21ClO2. The Balaban J connectivity index is 2.59. The van der Waals surface area contributed by atoms with Crippen LogP contribution in [0.2, 0.25) is 0 Å². The van der Waals surface area contributed by atoms with Crippen molar-refractivity contribution in [2.45, 2.75) is 50.8 Å². The van der Waals surface area contributed by atoms with Gasteiger partial charge < -0.3 is 5.11 Å². The number of hydrogen-bond donors (Lipinski definition) is 1. The van der Waals surface area contributed by atoms with Crippen molar-refractivity contribution in [1.29, 1.82) is 0 Å². The van der Waals surface area contributed by atoms with E-state index in [9.17, 15) is 4.79 Å². The summed E-state index contributed by atoms with van der Waals surface area (Å²) < 4.78 is 0. The molecule has 0 aliphatic carbocycles. The summed E-state index contributed by atoms with van der Waals surface area (Å²) in [6.45, 7) is 6.52. The van der Waals surface area contributed by atoms with Gasteiger partial charge >= 0.3 is 5.97 Å². The van der Waals surface area contributed by atoms with E-state index in [4.69, 9.17) is 16.7 Å². The van der Waals surface area contributed by atoms with Gasteiger partial charge in [0.05, 0.1) is 5.38 Å². The molecule has 1 N–H and O–H groups in total. The minimum absolute atomic E-state index is 0.0987. The predicted molar refractivity (Wildman–Crippen MR) is 75.2 cm³/mol. The zero-order chi connectivity index (χ0) is 13.8. The Hall–Kier alpha value is -1.02. The van der Waals surface area contributed by atoms with Crippen molar-refractivity contribution in [1.82, 2.24) is 0 Å². The van der Waals surface area contributed by atoms with Gasteiger partial charge in [0.15, 0.2) is 0 Å². The molecule has 0 radical (unpaired) electrons. The van der Waals surface area contributed by atoms with Crippen LogP contribution in [0.5, 0.6) is 0 Å². The smallest absolute Gasteiger partial charge is 0.303 e. The maximum atomic E-state index is 10.4. The van der Waals surface area contributed by atoms with Crippen LogP contribution in [0.15, 0.2) is 24.3 Å². The van der Waals surface area contributed by atoms with Crippen LogP contribution >= 0.6 is 11.6 Å². The number of aliphatic carboxylic acids is 1. The average molecular weight is 269 g/mol. The van der Waals surface area contributed by atoms with Gasteiger partial charge in [0, 0.05) is 6.42 Å². The highest BCUT2D eigenvalue weighted by molar-refractivity contribution is 6.20. The van der Waals surface area contributed by atoms with Gasteiger partial charge in [0.25, 0.3) is 0 Å². The molecule has 0 saturated carbocycles. The third-order valence-electron chi connectivity index (χ3n) is 2.99. The fraction of sp³-hybridized carbons (Fsp3) is 0.533. The molecule has 0 aliphatic heterocycles. The van der Waals surface area contributed by atoms with Crippen molar-refractivity contribution >= 4 is 17.6 Å². The van der Waals surface area contributed by atoms with Crippen LogP contribution in [0.25, 0.3) is 0 Å². The van der Waals surface area contributed by atoms with E-state index in [1.54, 1.807) is 0 Å². The zero-order valence-corrected chi connectivity index (χ0v) is 12.0. The molecule has 1 unspecified atom stereocenters. The molecule has 0 spiro atoms. The molecular weight excluding hydrogens is 248 g/mol. The lowest BCUT2D eigenvalue weighted by atomic mass is 9.86. The fourth-order valence-corrected chi connectivity index (χ4v) is 2.09. The second-order valence-electron chi connectivity index (χ2n) is 5.63. The average Bonchev–Trinajstić information content (AvgIpc) is 2.27. The molecule has 18 heavy (non-hydrogen) atoms. The monoisotopic (exact) mass is 268 g/mol. The van der Waals surface area contributed by atoms with Crippen LogP contribution < -0.4 is 0 Å². The number of carboxylic acids is 1. The first kappa shape index (κ1) is 15.0. The number of benzene rings is 1. The number of carbonyl (C=O) groups is 1. The van der Waals surface area contributed by atoms with Crippen LogP contribution in [0.1, 0.15) is 56.5 Å². The van der Waals surface area contributed by atoms with Gasteiger partial charge in [-0.3, -0.25) is 4.79 Å². The predicted octanol–water partition coefficient (Wildman–Crippen LogP) is 4.52. The fourth-order valence-electron chi connectivity index (χ4n) is 1.79. The summed E-state index contributed by atoms with van der Waals surface area (Å²) in [5.74, 6) is -0.762. The van der Waals surface area contributed by atoms with Gasteiger partial charge in [-0.2, -0.15) is 0 Å². The molecule has 1 rings (SSSR count). The molecule has 100 valence electrons. The molecule has 0 amide bonds. The van der Waals surface area contributed by atoms with Crippen LogP contribution in [-0.2, 0) is 10.2 Å². The standard InChI is InChI=1S/C15H21ClO2/c1-15(2,3)12-9-7-11(8-10-12)13(16)5-4-6-14(17)18/h7-10,13H,4-6H2,1-3H3,(H,17,18). The Morgan fingerprint density at radius 2 is 1.83 bits per heavy atom. The van der Waals surface area contributed by atoms with E-state index in [0.29, 0.717) is 12.8 Å². The number of carboxylic acid groups (broad SMARTS) is 1. The van der Waals surface area contributed by atoms with E-state index in [-0.39, 0.29) is 17.2 Å². The molecule has 3 heteroatoms. The van der Waals surface area contributed by atoms with Crippen LogP contribution in [0.4, 0.5) is 0 Å². The normalized spacial score (nSPS) is 13.3. The lowest BCUT2D eigenvalue weighted by molar-refractivity contribution is -0.137. The first-order valence-electron chi connectivity index (χ1n) is 6.27.